The van der Waals surface area contributed by atoms with Crippen LogP contribution in [-0.2, 0) is 9.47 Å². The van der Waals surface area contributed by atoms with Gasteiger partial charge in [-0.15, -0.1) is 0 Å². The SMILES string of the molecule is Nc1nc(Cl)nc2c1ncn2C1OC(CO)C2OC21. The molecule has 0 amide bonds. The number of hydrogen-bond donors (Lipinski definition) is 2. The number of nitrogen functional groups attached to an aromatic ring is 1. The third-order valence-corrected chi connectivity index (χ3v) is 3.57. The monoisotopic (exact) mass is 283 g/mol. The molecule has 2 aromatic rings. The average molecular weight is 284 g/mol. The van der Waals surface area contributed by atoms with Crippen molar-refractivity contribution in [3.63, 3.8) is 0 Å². The van der Waals surface area contributed by atoms with E-state index in [1.807, 2.05) is 0 Å². The molecule has 4 rings (SSSR count). The van der Waals surface area contributed by atoms with Gasteiger partial charge in [0.05, 0.1) is 12.9 Å². The predicted molar refractivity (Wildman–Crippen MR) is 64.4 cm³/mol. The van der Waals surface area contributed by atoms with Gasteiger partial charge in [0.2, 0.25) is 5.28 Å². The van der Waals surface area contributed by atoms with E-state index in [0.29, 0.717) is 11.2 Å². The number of aromatic nitrogens is 4. The standard InChI is InChI=1S/C10H10ClN5O3/c11-10-14-7(12)4-8(15-10)16(2-13-4)9-6-5(19-6)3(1-17)18-9/h2-3,5-6,9,17H,1H2,(H2,12,14,15). The summed E-state index contributed by atoms with van der Waals surface area (Å²) in [4.78, 5) is 12.1. The van der Waals surface area contributed by atoms with E-state index in [-0.39, 0.29) is 42.2 Å². The Balaban J connectivity index is 1.80. The van der Waals surface area contributed by atoms with Crippen LogP contribution >= 0.6 is 11.6 Å². The summed E-state index contributed by atoms with van der Waals surface area (Å²) in [7, 11) is 0. The van der Waals surface area contributed by atoms with Crippen molar-refractivity contribution in [1.82, 2.24) is 19.5 Å². The molecule has 0 saturated carbocycles. The van der Waals surface area contributed by atoms with Gasteiger partial charge in [-0.25, -0.2) is 4.98 Å². The van der Waals surface area contributed by atoms with Crippen molar-refractivity contribution >= 4 is 28.6 Å². The number of aliphatic hydroxyl groups excluding tert-OH is 1. The van der Waals surface area contributed by atoms with Gasteiger partial charge in [0.25, 0.3) is 0 Å². The van der Waals surface area contributed by atoms with Crippen LogP contribution in [0.2, 0.25) is 5.28 Å². The Bertz CT molecular complexity index is 662. The average Bonchev–Trinajstić information content (AvgIpc) is 2.91. The zero-order valence-corrected chi connectivity index (χ0v) is 10.4. The quantitative estimate of drug-likeness (QED) is 0.576. The highest BCUT2D eigenvalue weighted by molar-refractivity contribution is 6.28. The Morgan fingerprint density at radius 3 is 2.95 bits per heavy atom. The topological polar surface area (TPSA) is 112 Å². The maximum atomic E-state index is 9.18. The Hall–Kier alpha value is -1.48. The minimum Gasteiger partial charge on any atom is -0.394 e. The van der Waals surface area contributed by atoms with Crippen molar-refractivity contribution in [3.05, 3.63) is 11.6 Å². The van der Waals surface area contributed by atoms with Crippen molar-refractivity contribution in [2.75, 3.05) is 12.3 Å². The number of epoxide rings is 1. The van der Waals surface area contributed by atoms with Crippen LogP contribution in [0.1, 0.15) is 6.23 Å². The molecule has 100 valence electrons. The van der Waals surface area contributed by atoms with Crippen molar-refractivity contribution < 1.29 is 14.6 Å². The molecule has 0 aliphatic carbocycles. The van der Waals surface area contributed by atoms with Gasteiger partial charge in [0.15, 0.2) is 17.7 Å². The van der Waals surface area contributed by atoms with E-state index in [0.717, 1.165) is 0 Å². The molecule has 2 saturated heterocycles. The molecule has 0 bridgehead atoms. The first kappa shape index (κ1) is 11.4. The molecule has 19 heavy (non-hydrogen) atoms. The van der Waals surface area contributed by atoms with Gasteiger partial charge in [-0.2, -0.15) is 9.97 Å². The third-order valence-electron chi connectivity index (χ3n) is 3.40. The predicted octanol–water partition coefficient (Wildman–Crippen LogP) is -0.281. The van der Waals surface area contributed by atoms with Gasteiger partial charge in [-0.1, -0.05) is 0 Å². The second-order valence-corrected chi connectivity index (χ2v) is 4.85. The lowest BCUT2D eigenvalue weighted by atomic mass is 10.2. The van der Waals surface area contributed by atoms with E-state index < -0.39 is 0 Å². The van der Waals surface area contributed by atoms with E-state index >= 15 is 0 Å². The molecule has 0 radical (unpaired) electrons. The highest BCUT2D eigenvalue weighted by Crippen LogP contribution is 2.45. The molecule has 3 N–H and O–H groups in total. The second kappa shape index (κ2) is 3.76. The second-order valence-electron chi connectivity index (χ2n) is 4.51. The van der Waals surface area contributed by atoms with Crippen LogP contribution in [0, 0.1) is 0 Å². The molecule has 2 fully saturated rings. The summed E-state index contributed by atoms with van der Waals surface area (Å²) in [6.45, 7) is -0.0812. The first-order valence-corrected chi connectivity index (χ1v) is 6.14. The summed E-state index contributed by atoms with van der Waals surface area (Å²) in [5.74, 6) is 0.221. The summed E-state index contributed by atoms with van der Waals surface area (Å²) < 4.78 is 12.9. The Morgan fingerprint density at radius 1 is 1.37 bits per heavy atom. The zero-order chi connectivity index (χ0) is 13.1. The highest BCUT2D eigenvalue weighted by Gasteiger charge is 2.58. The Labute approximate surface area is 112 Å². The van der Waals surface area contributed by atoms with Gasteiger partial charge in [0, 0.05) is 0 Å². The van der Waals surface area contributed by atoms with Crippen LogP contribution in [0.4, 0.5) is 5.82 Å². The lowest BCUT2D eigenvalue weighted by Gasteiger charge is -2.17. The number of imidazole rings is 1. The van der Waals surface area contributed by atoms with Gasteiger partial charge < -0.3 is 20.3 Å². The van der Waals surface area contributed by atoms with E-state index in [4.69, 9.17) is 26.8 Å². The van der Waals surface area contributed by atoms with E-state index in [9.17, 15) is 5.11 Å². The van der Waals surface area contributed by atoms with Crippen molar-refractivity contribution in [1.29, 1.82) is 0 Å². The van der Waals surface area contributed by atoms with Crippen molar-refractivity contribution in [2.24, 2.45) is 0 Å². The number of rotatable bonds is 2. The number of halogens is 1. The number of hydrogen-bond acceptors (Lipinski definition) is 7. The summed E-state index contributed by atoms with van der Waals surface area (Å²) in [5.41, 5.74) is 6.71. The fourth-order valence-corrected chi connectivity index (χ4v) is 2.64. The maximum absolute atomic E-state index is 9.18. The molecule has 4 atom stereocenters. The summed E-state index contributed by atoms with van der Waals surface area (Å²) in [6.07, 6.45) is 0.709. The molecule has 4 unspecified atom stereocenters. The first-order valence-electron chi connectivity index (χ1n) is 5.76. The molecule has 8 nitrogen and oxygen atoms in total. The summed E-state index contributed by atoms with van der Waals surface area (Å²) >= 11 is 5.81. The first-order chi connectivity index (χ1) is 9.19. The van der Waals surface area contributed by atoms with E-state index in [1.165, 1.54) is 0 Å². The van der Waals surface area contributed by atoms with Gasteiger partial charge >= 0.3 is 0 Å². The van der Waals surface area contributed by atoms with Gasteiger partial charge in [-0.3, -0.25) is 4.57 Å². The largest absolute Gasteiger partial charge is 0.394 e. The molecule has 0 spiro atoms. The number of nitrogens with two attached hydrogens (primary N) is 1. The third kappa shape index (κ3) is 1.54. The van der Waals surface area contributed by atoms with E-state index in [1.54, 1.807) is 10.9 Å². The Kier molecular flexibility index (Phi) is 2.25. The molecule has 4 heterocycles. The van der Waals surface area contributed by atoms with Crippen LogP contribution in [0.15, 0.2) is 6.33 Å². The molecular weight excluding hydrogens is 274 g/mol. The number of ether oxygens (including phenoxy) is 2. The highest BCUT2D eigenvalue weighted by atomic mass is 35.5. The minimum atomic E-state index is -0.377. The van der Waals surface area contributed by atoms with Gasteiger partial charge in [0.1, 0.15) is 23.8 Å². The smallest absolute Gasteiger partial charge is 0.226 e. The summed E-state index contributed by atoms with van der Waals surface area (Å²) in [6, 6.07) is 0. The van der Waals surface area contributed by atoms with Gasteiger partial charge in [-0.05, 0) is 11.6 Å². The van der Waals surface area contributed by atoms with Crippen LogP contribution in [-0.4, -0.2) is 49.5 Å². The van der Waals surface area contributed by atoms with Crippen molar-refractivity contribution in [2.45, 2.75) is 24.5 Å². The Morgan fingerprint density at radius 2 is 2.21 bits per heavy atom. The number of fused-ring (bicyclic) bond motifs is 2. The van der Waals surface area contributed by atoms with Crippen LogP contribution < -0.4 is 5.73 Å². The molecular formula is C10H10ClN5O3. The fraction of sp³-hybridized carbons (Fsp3) is 0.500. The van der Waals surface area contributed by atoms with Crippen LogP contribution in [0.3, 0.4) is 0 Å². The van der Waals surface area contributed by atoms with E-state index in [2.05, 4.69) is 15.0 Å². The number of nitrogens with zero attached hydrogens (tertiary/aromatic N) is 4. The fourth-order valence-electron chi connectivity index (χ4n) is 2.47. The van der Waals surface area contributed by atoms with Crippen molar-refractivity contribution in [3.8, 4) is 0 Å². The number of aliphatic hydroxyl groups is 1. The molecule has 2 aromatic heterocycles. The summed E-state index contributed by atoms with van der Waals surface area (Å²) in [5, 5.41) is 9.24. The minimum absolute atomic E-state index is 0.0525. The lowest BCUT2D eigenvalue weighted by Crippen LogP contribution is -2.22. The van der Waals surface area contributed by atoms with Crippen LogP contribution in [0.25, 0.3) is 11.2 Å². The zero-order valence-electron chi connectivity index (χ0n) is 9.60. The molecule has 2 aliphatic rings. The molecule has 0 aromatic carbocycles. The normalized spacial score (nSPS) is 32.7. The maximum Gasteiger partial charge on any atom is 0.226 e. The lowest BCUT2D eigenvalue weighted by molar-refractivity contribution is -0.0823. The molecule has 9 heteroatoms. The molecule has 2 aliphatic heterocycles. The van der Waals surface area contributed by atoms with Crippen LogP contribution in [0.5, 0.6) is 0 Å². The number of anilines is 1.